The van der Waals surface area contributed by atoms with Gasteiger partial charge in [0, 0.05) is 18.4 Å². The number of carbonyl (C=O) groups is 1. The van der Waals surface area contributed by atoms with Gasteiger partial charge in [0.1, 0.15) is 12.4 Å². The maximum atomic E-state index is 11.3. The third-order valence-electron chi connectivity index (χ3n) is 5.22. The van der Waals surface area contributed by atoms with Crippen LogP contribution in [-0.4, -0.2) is 44.9 Å². The van der Waals surface area contributed by atoms with Gasteiger partial charge < -0.3 is 25.1 Å². The molecule has 3 rings (SSSR count). The third-order valence-corrected chi connectivity index (χ3v) is 5.22. The minimum atomic E-state index is -1.01. The fourth-order valence-corrected chi connectivity index (χ4v) is 3.63. The van der Waals surface area contributed by atoms with Crippen LogP contribution in [0.4, 0.5) is 0 Å². The second-order valence-corrected chi connectivity index (χ2v) is 7.57. The van der Waals surface area contributed by atoms with Crippen molar-refractivity contribution in [2.75, 3.05) is 6.61 Å². The minimum absolute atomic E-state index is 0.00292. The topological polar surface area (TPSA) is 135 Å². The van der Waals surface area contributed by atoms with Crippen LogP contribution in [0.3, 0.4) is 0 Å². The molecule has 0 saturated heterocycles. The Balaban J connectivity index is 1.74. The van der Waals surface area contributed by atoms with Crippen LogP contribution < -0.4 is 4.74 Å². The monoisotopic (exact) mass is 439 g/mol. The Morgan fingerprint density at radius 1 is 1.16 bits per heavy atom. The van der Waals surface area contributed by atoms with E-state index in [0.717, 1.165) is 18.4 Å². The summed E-state index contributed by atoms with van der Waals surface area (Å²) in [7, 11) is 0. The van der Waals surface area contributed by atoms with Gasteiger partial charge >= 0.3 is 11.8 Å². The zero-order valence-electron chi connectivity index (χ0n) is 17.7. The summed E-state index contributed by atoms with van der Waals surface area (Å²) < 4.78 is 5.74. The molecule has 1 heterocycles. The highest BCUT2D eigenvalue weighted by Crippen LogP contribution is 2.31. The van der Waals surface area contributed by atoms with Crippen molar-refractivity contribution in [3.8, 4) is 5.75 Å². The maximum absolute atomic E-state index is 11.3. The van der Waals surface area contributed by atoms with Gasteiger partial charge in [0.15, 0.2) is 5.71 Å². The van der Waals surface area contributed by atoms with Gasteiger partial charge in [-0.15, -0.1) is 0 Å². The number of hydrogen-bond acceptors (Lipinski definition) is 7. The number of amidine groups is 1. The van der Waals surface area contributed by atoms with Crippen LogP contribution in [0.5, 0.6) is 5.75 Å². The lowest BCUT2D eigenvalue weighted by Gasteiger charge is -2.18. The van der Waals surface area contributed by atoms with Crippen LogP contribution >= 0.6 is 0 Å². The zero-order valence-corrected chi connectivity index (χ0v) is 17.7. The Labute approximate surface area is 185 Å². The fourth-order valence-electron chi connectivity index (χ4n) is 3.63. The van der Waals surface area contributed by atoms with Crippen LogP contribution in [0.25, 0.3) is 0 Å². The van der Waals surface area contributed by atoms with Crippen LogP contribution in [0, 0.1) is 10.1 Å². The van der Waals surface area contributed by atoms with E-state index in [1.54, 1.807) is 30.3 Å². The first kappa shape index (κ1) is 23.1. The van der Waals surface area contributed by atoms with Crippen LogP contribution in [0.1, 0.15) is 47.7 Å². The second kappa shape index (κ2) is 10.1. The molecule has 0 aromatic heterocycles. The summed E-state index contributed by atoms with van der Waals surface area (Å²) in [6.07, 6.45) is 2.57. The van der Waals surface area contributed by atoms with E-state index < -0.39 is 23.2 Å². The molecule has 1 aliphatic heterocycles. The first-order valence-electron chi connectivity index (χ1n) is 10.3. The van der Waals surface area contributed by atoms with Gasteiger partial charge in [-0.05, 0) is 40.1 Å². The van der Waals surface area contributed by atoms with Crippen LogP contribution in [0.15, 0.2) is 58.5 Å². The highest BCUT2D eigenvalue weighted by Gasteiger charge is 2.44. The summed E-state index contributed by atoms with van der Waals surface area (Å²) >= 11 is 0. The minimum Gasteiger partial charge on any atom is -0.489 e. The van der Waals surface area contributed by atoms with E-state index in [1.807, 2.05) is 19.1 Å². The predicted molar refractivity (Wildman–Crippen MR) is 119 cm³/mol. The molecule has 0 spiro atoms. The first-order chi connectivity index (χ1) is 15.4. The van der Waals surface area contributed by atoms with E-state index in [-0.39, 0.29) is 23.7 Å². The molecule has 168 valence electrons. The van der Waals surface area contributed by atoms with Crippen molar-refractivity contribution in [3.63, 3.8) is 0 Å². The number of nitro groups is 1. The molecular weight excluding hydrogens is 414 g/mol. The lowest BCUT2D eigenvalue weighted by atomic mass is 9.95. The van der Waals surface area contributed by atoms with E-state index in [1.165, 1.54) is 6.07 Å². The summed E-state index contributed by atoms with van der Waals surface area (Å²) in [6, 6.07) is 13.8. The molecule has 9 nitrogen and oxygen atoms in total. The standard InChI is InChI=1S/C23H25N3O6/c1-2-3-12-23(24-20(14-27)21(25-23)26(30)31)13-16-8-10-18(11-9-16)32-15-17-6-4-5-7-19(17)22(28)29/h4-11,27H,2-3,12-15H2,1H3,(H,28,29). The van der Waals surface area contributed by atoms with Gasteiger partial charge in [-0.25, -0.2) is 9.79 Å². The number of carboxylic acid groups (broad SMARTS) is 1. The molecule has 0 bridgehead atoms. The average molecular weight is 439 g/mol. The van der Waals surface area contributed by atoms with Gasteiger partial charge in [-0.1, -0.05) is 43.7 Å². The molecule has 1 aliphatic rings. The quantitative estimate of drug-likeness (QED) is 0.430. The first-order valence-corrected chi connectivity index (χ1v) is 10.3. The zero-order chi connectivity index (χ0) is 23.1. The molecular formula is C23H25N3O6. The van der Waals surface area contributed by atoms with E-state index in [4.69, 9.17) is 4.74 Å². The van der Waals surface area contributed by atoms with Crippen molar-refractivity contribution in [1.29, 1.82) is 0 Å². The number of nitrogens with zero attached hydrogens (tertiary/aromatic N) is 3. The number of hydrogen-bond donors (Lipinski definition) is 2. The number of aliphatic imine (C=N–C) groups is 2. The molecule has 1 atom stereocenters. The predicted octanol–water partition coefficient (Wildman–Crippen LogP) is 3.51. The van der Waals surface area contributed by atoms with Gasteiger partial charge in [-0.3, -0.25) is 0 Å². The average Bonchev–Trinajstić information content (AvgIpc) is 3.16. The van der Waals surface area contributed by atoms with Crippen molar-refractivity contribution in [1.82, 2.24) is 0 Å². The van der Waals surface area contributed by atoms with Crippen molar-refractivity contribution in [3.05, 3.63) is 75.3 Å². The summed E-state index contributed by atoms with van der Waals surface area (Å²) in [5, 5.41) is 30.1. The molecule has 1 unspecified atom stereocenters. The smallest absolute Gasteiger partial charge is 0.384 e. The lowest BCUT2D eigenvalue weighted by molar-refractivity contribution is -0.346. The third kappa shape index (κ3) is 5.36. The number of aliphatic hydroxyl groups is 1. The summed E-state index contributed by atoms with van der Waals surface area (Å²) in [5.41, 5.74) is 0.637. The highest BCUT2D eigenvalue weighted by molar-refractivity contribution is 6.39. The van der Waals surface area contributed by atoms with Crippen LogP contribution in [0.2, 0.25) is 0 Å². The molecule has 2 aromatic rings. The molecule has 0 aliphatic carbocycles. The molecule has 0 amide bonds. The summed E-state index contributed by atoms with van der Waals surface area (Å²) in [4.78, 5) is 30.8. The Hall–Kier alpha value is -3.59. The molecule has 0 saturated carbocycles. The van der Waals surface area contributed by atoms with E-state index >= 15 is 0 Å². The molecule has 0 radical (unpaired) electrons. The number of unbranched alkanes of at least 4 members (excludes halogenated alkanes) is 1. The van der Waals surface area contributed by atoms with Crippen molar-refractivity contribution >= 4 is 17.5 Å². The number of carboxylic acids is 1. The van der Waals surface area contributed by atoms with Gasteiger partial charge in [-0.2, -0.15) is 0 Å². The normalized spacial score (nSPS) is 17.6. The largest absolute Gasteiger partial charge is 0.489 e. The van der Waals surface area contributed by atoms with E-state index in [9.17, 15) is 25.1 Å². The Morgan fingerprint density at radius 2 is 1.88 bits per heavy atom. The van der Waals surface area contributed by atoms with E-state index in [0.29, 0.717) is 24.2 Å². The molecule has 32 heavy (non-hydrogen) atoms. The Bertz CT molecular complexity index is 1050. The summed E-state index contributed by atoms with van der Waals surface area (Å²) in [5.74, 6) is -0.816. The number of aromatic carboxylic acids is 1. The molecule has 0 fully saturated rings. The Kier molecular flexibility index (Phi) is 7.32. The van der Waals surface area contributed by atoms with Crippen molar-refractivity contribution in [2.24, 2.45) is 9.98 Å². The summed E-state index contributed by atoms with van der Waals surface area (Å²) in [6.45, 7) is 1.60. The van der Waals surface area contributed by atoms with Crippen molar-refractivity contribution in [2.45, 2.75) is 44.9 Å². The fraction of sp³-hybridized carbons (Fsp3) is 0.348. The molecule has 9 heteroatoms. The van der Waals surface area contributed by atoms with Gasteiger partial charge in [0.05, 0.1) is 12.2 Å². The maximum Gasteiger partial charge on any atom is 0.384 e. The van der Waals surface area contributed by atoms with Crippen LogP contribution in [-0.2, 0) is 13.0 Å². The molecule has 2 aromatic carbocycles. The number of benzene rings is 2. The Morgan fingerprint density at radius 3 is 2.47 bits per heavy atom. The van der Waals surface area contributed by atoms with Gasteiger partial charge in [0.25, 0.3) is 0 Å². The number of ether oxygens (including phenoxy) is 1. The SMILES string of the molecule is CCCCC1(Cc2ccc(OCc3ccccc3C(=O)O)cc2)N=C(CO)C([N+](=O)[O-])=N1. The lowest BCUT2D eigenvalue weighted by Crippen LogP contribution is -2.26. The van der Waals surface area contributed by atoms with E-state index in [2.05, 4.69) is 9.98 Å². The number of aliphatic hydroxyl groups excluding tert-OH is 1. The molecule has 2 N–H and O–H groups in total. The van der Waals surface area contributed by atoms with Gasteiger partial charge in [0.2, 0.25) is 5.66 Å². The highest BCUT2D eigenvalue weighted by atomic mass is 16.6. The van der Waals surface area contributed by atoms with Crippen molar-refractivity contribution < 1.29 is 24.7 Å². The number of rotatable bonds is 10. The second-order valence-electron chi connectivity index (χ2n) is 7.57.